The number of piperidine rings is 1. The lowest BCUT2D eigenvalue weighted by Crippen LogP contribution is -2.35. The van der Waals surface area contributed by atoms with E-state index in [0.29, 0.717) is 0 Å². The Kier molecular flexibility index (Phi) is 5.71. The first-order chi connectivity index (χ1) is 11.3. The summed E-state index contributed by atoms with van der Waals surface area (Å²) >= 11 is 0. The molecule has 0 atom stereocenters. The first-order valence-corrected chi connectivity index (χ1v) is 8.72. The van der Waals surface area contributed by atoms with E-state index in [4.69, 9.17) is 4.74 Å². The van der Waals surface area contributed by atoms with Crippen molar-refractivity contribution in [1.82, 2.24) is 4.90 Å². The molecule has 2 aromatic rings. The maximum atomic E-state index is 5.33. The standard InChI is InChI=1S/C21H27NO/c1-23-21-9-5-8-20(17-21)16-19-11-14-22(15-12-19)13-10-18-6-3-2-4-7-18/h2-9,17,19H,10-16H2,1H3. The second-order valence-electron chi connectivity index (χ2n) is 6.58. The van der Waals surface area contributed by atoms with Crippen LogP contribution in [0.5, 0.6) is 5.75 Å². The first kappa shape index (κ1) is 16.1. The molecule has 0 radical (unpaired) electrons. The number of hydrogen-bond acceptors (Lipinski definition) is 2. The van der Waals surface area contributed by atoms with Crippen molar-refractivity contribution in [3.05, 3.63) is 65.7 Å². The number of ether oxygens (including phenoxy) is 1. The molecule has 0 amide bonds. The van der Waals surface area contributed by atoms with Crippen LogP contribution in [0.15, 0.2) is 54.6 Å². The molecule has 0 unspecified atom stereocenters. The highest BCUT2D eigenvalue weighted by Gasteiger charge is 2.19. The van der Waals surface area contributed by atoms with Crippen LogP contribution in [0.1, 0.15) is 24.0 Å². The summed E-state index contributed by atoms with van der Waals surface area (Å²) < 4.78 is 5.33. The van der Waals surface area contributed by atoms with Gasteiger partial charge in [0.05, 0.1) is 7.11 Å². The minimum atomic E-state index is 0.815. The van der Waals surface area contributed by atoms with Crippen molar-refractivity contribution in [2.75, 3.05) is 26.7 Å². The van der Waals surface area contributed by atoms with Crippen LogP contribution in [0.2, 0.25) is 0 Å². The summed E-state index contributed by atoms with van der Waals surface area (Å²) in [5.74, 6) is 1.79. The molecule has 2 aromatic carbocycles. The van der Waals surface area contributed by atoms with Crippen molar-refractivity contribution in [2.45, 2.75) is 25.7 Å². The first-order valence-electron chi connectivity index (χ1n) is 8.72. The summed E-state index contributed by atoms with van der Waals surface area (Å²) in [7, 11) is 1.74. The summed E-state index contributed by atoms with van der Waals surface area (Å²) in [5.41, 5.74) is 2.86. The van der Waals surface area contributed by atoms with Crippen molar-refractivity contribution in [3.63, 3.8) is 0 Å². The molecule has 0 spiro atoms. The molecule has 1 saturated heterocycles. The van der Waals surface area contributed by atoms with E-state index < -0.39 is 0 Å². The maximum Gasteiger partial charge on any atom is 0.119 e. The number of rotatable bonds is 6. The molecular weight excluding hydrogens is 282 g/mol. The Morgan fingerprint density at radius 3 is 2.43 bits per heavy atom. The molecular formula is C21H27NO. The fourth-order valence-corrected chi connectivity index (χ4v) is 3.48. The van der Waals surface area contributed by atoms with E-state index >= 15 is 0 Å². The molecule has 1 aliphatic heterocycles. The Morgan fingerprint density at radius 2 is 1.70 bits per heavy atom. The molecule has 122 valence electrons. The van der Waals surface area contributed by atoms with Gasteiger partial charge >= 0.3 is 0 Å². The second-order valence-corrected chi connectivity index (χ2v) is 6.58. The van der Waals surface area contributed by atoms with Gasteiger partial charge in [0, 0.05) is 6.54 Å². The van der Waals surface area contributed by atoms with Crippen molar-refractivity contribution in [3.8, 4) is 5.75 Å². The molecule has 1 fully saturated rings. The molecule has 1 heterocycles. The third kappa shape index (κ3) is 4.84. The number of methoxy groups -OCH3 is 1. The van der Waals surface area contributed by atoms with E-state index in [1.54, 1.807) is 7.11 Å². The van der Waals surface area contributed by atoms with Gasteiger partial charge in [-0.25, -0.2) is 0 Å². The summed E-state index contributed by atoms with van der Waals surface area (Å²) in [4.78, 5) is 2.62. The van der Waals surface area contributed by atoms with Gasteiger partial charge in [-0.2, -0.15) is 0 Å². The van der Waals surface area contributed by atoms with Crippen LogP contribution in [-0.2, 0) is 12.8 Å². The van der Waals surface area contributed by atoms with Gasteiger partial charge in [0.15, 0.2) is 0 Å². The Labute approximate surface area is 140 Å². The number of benzene rings is 2. The lowest BCUT2D eigenvalue weighted by Gasteiger charge is -2.32. The van der Waals surface area contributed by atoms with Crippen LogP contribution in [0, 0.1) is 5.92 Å². The second kappa shape index (κ2) is 8.16. The van der Waals surface area contributed by atoms with E-state index in [-0.39, 0.29) is 0 Å². The molecule has 0 bridgehead atoms. The lowest BCUT2D eigenvalue weighted by molar-refractivity contribution is 0.186. The topological polar surface area (TPSA) is 12.5 Å². The zero-order valence-electron chi connectivity index (χ0n) is 14.1. The third-order valence-electron chi connectivity index (χ3n) is 4.93. The Bertz CT molecular complexity index is 588. The smallest absolute Gasteiger partial charge is 0.119 e. The van der Waals surface area contributed by atoms with E-state index in [9.17, 15) is 0 Å². The number of likely N-dealkylation sites (tertiary alicyclic amines) is 1. The molecule has 2 nitrogen and oxygen atoms in total. The molecule has 1 aliphatic rings. The fourth-order valence-electron chi connectivity index (χ4n) is 3.48. The van der Waals surface area contributed by atoms with Gasteiger partial charge in [-0.3, -0.25) is 0 Å². The zero-order valence-corrected chi connectivity index (χ0v) is 14.1. The highest BCUT2D eigenvalue weighted by molar-refractivity contribution is 5.28. The average molecular weight is 309 g/mol. The molecule has 3 rings (SSSR count). The fraction of sp³-hybridized carbons (Fsp3) is 0.429. The van der Waals surface area contributed by atoms with Gasteiger partial charge < -0.3 is 9.64 Å². The Hall–Kier alpha value is -1.80. The van der Waals surface area contributed by atoms with Crippen LogP contribution >= 0.6 is 0 Å². The van der Waals surface area contributed by atoms with Crippen molar-refractivity contribution in [2.24, 2.45) is 5.92 Å². The minimum Gasteiger partial charge on any atom is -0.497 e. The summed E-state index contributed by atoms with van der Waals surface area (Å²) in [6, 6.07) is 19.4. The van der Waals surface area contributed by atoms with Gasteiger partial charge in [0.25, 0.3) is 0 Å². The number of hydrogen-bond donors (Lipinski definition) is 0. The summed E-state index contributed by atoms with van der Waals surface area (Å²) in [5, 5.41) is 0. The van der Waals surface area contributed by atoms with Gasteiger partial charge in [-0.1, -0.05) is 42.5 Å². The zero-order chi connectivity index (χ0) is 15.9. The predicted octanol–water partition coefficient (Wildman–Crippen LogP) is 4.19. The van der Waals surface area contributed by atoms with Gasteiger partial charge in [0.2, 0.25) is 0 Å². The van der Waals surface area contributed by atoms with Crippen LogP contribution in [0.3, 0.4) is 0 Å². The highest BCUT2D eigenvalue weighted by atomic mass is 16.5. The van der Waals surface area contributed by atoms with E-state index in [1.807, 2.05) is 6.07 Å². The van der Waals surface area contributed by atoms with Crippen LogP contribution in [0.4, 0.5) is 0 Å². The minimum absolute atomic E-state index is 0.815. The van der Waals surface area contributed by atoms with Gasteiger partial charge in [-0.15, -0.1) is 0 Å². The molecule has 2 heteroatoms. The molecule has 23 heavy (non-hydrogen) atoms. The Balaban J connectivity index is 1.43. The quantitative estimate of drug-likeness (QED) is 0.793. The molecule has 0 saturated carbocycles. The highest BCUT2D eigenvalue weighted by Crippen LogP contribution is 2.23. The van der Waals surface area contributed by atoms with E-state index in [0.717, 1.165) is 11.7 Å². The summed E-state index contributed by atoms with van der Waals surface area (Å²) in [6.45, 7) is 3.67. The largest absolute Gasteiger partial charge is 0.497 e. The van der Waals surface area contributed by atoms with E-state index in [1.165, 1.54) is 56.4 Å². The Morgan fingerprint density at radius 1 is 0.957 bits per heavy atom. The van der Waals surface area contributed by atoms with Crippen LogP contribution in [0.25, 0.3) is 0 Å². The van der Waals surface area contributed by atoms with Crippen LogP contribution < -0.4 is 4.74 Å². The molecule has 0 aromatic heterocycles. The maximum absolute atomic E-state index is 5.33. The normalized spacial score (nSPS) is 16.4. The molecule has 0 aliphatic carbocycles. The van der Waals surface area contributed by atoms with Crippen molar-refractivity contribution in [1.29, 1.82) is 0 Å². The molecule has 0 N–H and O–H groups in total. The predicted molar refractivity (Wildman–Crippen MR) is 96.0 cm³/mol. The SMILES string of the molecule is COc1cccc(CC2CCN(CCc3ccccc3)CC2)c1. The monoisotopic (exact) mass is 309 g/mol. The average Bonchev–Trinajstić information content (AvgIpc) is 2.62. The van der Waals surface area contributed by atoms with E-state index in [2.05, 4.69) is 53.4 Å². The van der Waals surface area contributed by atoms with Crippen molar-refractivity contribution >= 4 is 0 Å². The van der Waals surface area contributed by atoms with Gasteiger partial charge in [0.1, 0.15) is 5.75 Å². The number of nitrogens with zero attached hydrogens (tertiary/aromatic N) is 1. The lowest BCUT2D eigenvalue weighted by atomic mass is 9.90. The summed E-state index contributed by atoms with van der Waals surface area (Å²) in [6.07, 6.45) is 4.98. The van der Waals surface area contributed by atoms with Gasteiger partial charge in [-0.05, 0) is 68.0 Å². The van der Waals surface area contributed by atoms with Crippen LogP contribution in [-0.4, -0.2) is 31.6 Å². The van der Waals surface area contributed by atoms with Crippen molar-refractivity contribution < 1.29 is 4.74 Å². The third-order valence-corrected chi connectivity index (χ3v) is 4.93.